The summed E-state index contributed by atoms with van der Waals surface area (Å²) >= 11 is 1.89. The molecule has 0 radical (unpaired) electrons. The molecule has 0 atom stereocenters. The maximum Gasteiger partial charge on any atom is 0.0944 e. The zero-order valence-corrected chi connectivity index (χ0v) is 14.8. The second-order valence-corrected chi connectivity index (χ2v) is 7.05. The summed E-state index contributed by atoms with van der Waals surface area (Å²) in [5.74, 6) is 0.511. The molecule has 1 aromatic heterocycles. The second-order valence-electron chi connectivity index (χ2n) is 5.88. The Balaban J connectivity index is 2.70. The molecule has 0 aliphatic heterocycles. The Bertz CT molecular complexity index is 381. The molecule has 0 fully saturated rings. The van der Waals surface area contributed by atoms with Gasteiger partial charge in [-0.1, -0.05) is 41.5 Å². The lowest BCUT2D eigenvalue weighted by molar-refractivity contribution is 0.308. The van der Waals surface area contributed by atoms with Gasteiger partial charge in [-0.3, -0.25) is 0 Å². The Hall–Kier alpha value is -0.450. The maximum absolute atomic E-state index is 4.88. The summed E-state index contributed by atoms with van der Waals surface area (Å²) in [6.45, 7) is 17.6. The number of thiazole rings is 1. The summed E-state index contributed by atoms with van der Waals surface area (Å²) < 4.78 is 0. The van der Waals surface area contributed by atoms with Crippen LogP contribution in [-0.2, 0) is 13.0 Å². The molecule has 0 bridgehead atoms. The number of nitrogens with one attached hydrogen (secondary N) is 1. The molecule has 0 saturated carbocycles. The average Bonchev–Trinajstić information content (AvgIpc) is 2.81. The fraction of sp³-hybridized carbons (Fsp3) is 0.812. The van der Waals surface area contributed by atoms with Crippen molar-refractivity contribution in [1.82, 2.24) is 15.2 Å². The molecule has 20 heavy (non-hydrogen) atoms. The summed E-state index contributed by atoms with van der Waals surface area (Å²) in [5, 5.41) is 4.81. The van der Waals surface area contributed by atoms with Crippen molar-refractivity contribution in [3.05, 3.63) is 15.6 Å². The Labute approximate surface area is 128 Å². The van der Waals surface area contributed by atoms with E-state index in [0.29, 0.717) is 12.0 Å². The van der Waals surface area contributed by atoms with Crippen LogP contribution in [0.5, 0.6) is 0 Å². The lowest BCUT2D eigenvalue weighted by atomic mass is 10.1. The minimum absolute atomic E-state index is 0.511. The molecule has 1 aromatic rings. The number of hydrogen-bond acceptors (Lipinski definition) is 4. The highest BCUT2D eigenvalue weighted by atomic mass is 32.1. The van der Waals surface area contributed by atoms with Crippen molar-refractivity contribution in [2.24, 2.45) is 0 Å². The van der Waals surface area contributed by atoms with E-state index in [0.717, 1.165) is 32.6 Å². The van der Waals surface area contributed by atoms with Crippen LogP contribution in [-0.4, -0.2) is 35.6 Å². The van der Waals surface area contributed by atoms with Crippen LogP contribution in [0, 0.1) is 0 Å². The van der Waals surface area contributed by atoms with Crippen LogP contribution in [0.3, 0.4) is 0 Å². The molecule has 0 aliphatic rings. The van der Waals surface area contributed by atoms with Gasteiger partial charge in [-0.15, -0.1) is 11.3 Å². The Morgan fingerprint density at radius 3 is 2.30 bits per heavy atom. The van der Waals surface area contributed by atoms with Crippen LogP contribution >= 0.6 is 11.3 Å². The standard InChI is InChI=1S/C16H31N3S/c1-7-19(8-2)10-9-15-18-16(12(3)4)14(20-15)11-17-13(5)6/h12-13,17H,7-11H2,1-6H3. The summed E-state index contributed by atoms with van der Waals surface area (Å²) in [6.07, 6.45) is 1.08. The van der Waals surface area contributed by atoms with Gasteiger partial charge >= 0.3 is 0 Å². The fourth-order valence-corrected chi connectivity index (χ4v) is 3.35. The van der Waals surface area contributed by atoms with Crippen molar-refractivity contribution >= 4 is 11.3 Å². The molecule has 1 N–H and O–H groups in total. The quantitative estimate of drug-likeness (QED) is 0.754. The summed E-state index contributed by atoms with van der Waals surface area (Å²) in [6, 6.07) is 0.524. The van der Waals surface area contributed by atoms with Gasteiger partial charge in [0.05, 0.1) is 10.7 Å². The van der Waals surface area contributed by atoms with Crippen molar-refractivity contribution in [3.8, 4) is 0 Å². The van der Waals surface area contributed by atoms with Gasteiger partial charge < -0.3 is 10.2 Å². The highest BCUT2D eigenvalue weighted by Gasteiger charge is 2.14. The van der Waals surface area contributed by atoms with Crippen LogP contribution in [0.4, 0.5) is 0 Å². The molecule has 0 aromatic carbocycles. The predicted molar refractivity (Wildman–Crippen MR) is 89.7 cm³/mol. The lowest BCUT2D eigenvalue weighted by Gasteiger charge is -2.16. The van der Waals surface area contributed by atoms with Crippen LogP contribution in [0.25, 0.3) is 0 Å². The van der Waals surface area contributed by atoms with Gasteiger partial charge in [0.1, 0.15) is 0 Å². The molecular formula is C16H31N3S. The van der Waals surface area contributed by atoms with E-state index in [1.807, 2.05) is 11.3 Å². The zero-order chi connectivity index (χ0) is 15.1. The summed E-state index contributed by atoms with van der Waals surface area (Å²) in [5.41, 5.74) is 1.29. The normalized spacial score (nSPS) is 12.1. The van der Waals surface area contributed by atoms with Gasteiger partial charge in [0.2, 0.25) is 0 Å². The SMILES string of the molecule is CCN(CC)CCc1nc(C(C)C)c(CNC(C)C)s1. The van der Waals surface area contributed by atoms with Crippen LogP contribution in [0.1, 0.15) is 63.0 Å². The van der Waals surface area contributed by atoms with Gasteiger partial charge in [-0.05, 0) is 19.0 Å². The maximum atomic E-state index is 4.88. The summed E-state index contributed by atoms with van der Waals surface area (Å²) in [7, 11) is 0. The topological polar surface area (TPSA) is 28.2 Å². The minimum Gasteiger partial charge on any atom is -0.310 e. The van der Waals surface area contributed by atoms with Crippen molar-refractivity contribution in [1.29, 1.82) is 0 Å². The van der Waals surface area contributed by atoms with E-state index in [4.69, 9.17) is 4.98 Å². The largest absolute Gasteiger partial charge is 0.310 e. The van der Waals surface area contributed by atoms with Crippen LogP contribution in [0.2, 0.25) is 0 Å². The molecule has 0 amide bonds. The van der Waals surface area contributed by atoms with E-state index >= 15 is 0 Å². The fourth-order valence-electron chi connectivity index (χ4n) is 2.19. The first-order chi connectivity index (χ1) is 9.47. The highest BCUT2D eigenvalue weighted by molar-refractivity contribution is 7.11. The Kier molecular flexibility index (Phi) is 7.70. The van der Waals surface area contributed by atoms with E-state index in [1.165, 1.54) is 15.6 Å². The van der Waals surface area contributed by atoms with Gasteiger partial charge in [0, 0.05) is 30.4 Å². The molecule has 0 unspecified atom stereocenters. The molecule has 1 rings (SSSR count). The Morgan fingerprint density at radius 2 is 1.80 bits per heavy atom. The highest BCUT2D eigenvalue weighted by Crippen LogP contribution is 2.25. The minimum atomic E-state index is 0.511. The molecule has 1 heterocycles. The van der Waals surface area contributed by atoms with Crippen molar-refractivity contribution in [3.63, 3.8) is 0 Å². The van der Waals surface area contributed by atoms with E-state index in [9.17, 15) is 0 Å². The van der Waals surface area contributed by atoms with Gasteiger partial charge in [-0.25, -0.2) is 4.98 Å². The second kappa shape index (κ2) is 8.75. The van der Waals surface area contributed by atoms with Crippen molar-refractivity contribution in [2.45, 2.75) is 66.5 Å². The molecule has 3 nitrogen and oxygen atoms in total. The Morgan fingerprint density at radius 1 is 1.15 bits per heavy atom. The third-order valence-corrected chi connectivity index (χ3v) is 4.66. The number of likely N-dealkylation sites (N-methyl/N-ethyl adjacent to an activating group) is 1. The number of nitrogens with zero attached hydrogens (tertiary/aromatic N) is 2. The zero-order valence-electron chi connectivity index (χ0n) is 14.0. The number of rotatable bonds is 9. The molecule has 0 spiro atoms. The molecule has 0 saturated heterocycles. The third-order valence-electron chi connectivity index (χ3n) is 3.53. The number of hydrogen-bond donors (Lipinski definition) is 1. The molecule has 116 valence electrons. The first kappa shape index (κ1) is 17.6. The lowest BCUT2D eigenvalue weighted by Crippen LogP contribution is -2.25. The van der Waals surface area contributed by atoms with E-state index in [1.54, 1.807) is 0 Å². The third kappa shape index (κ3) is 5.51. The smallest absolute Gasteiger partial charge is 0.0944 e. The van der Waals surface area contributed by atoms with E-state index in [-0.39, 0.29) is 0 Å². The molecule has 4 heteroatoms. The first-order valence-electron chi connectivity index (χ1n) is 7.92. The number of aromatic nitrogens is 1. The van der Waals surface area contributed by atoms with E-state index < -0.39 is 0 Å². The average molecular weight is 298 g/mol. The molecular weight excluding hydrogens is 266 g/mol. The first-order valence-corrected chi connectivity index (χ1v) is 8.73. The van der Waals surface area contributed by atoms with Crippen molar-refractivity contribution < 1.29 is 0 Å². The van der Waals surface area contributed by atoms with Crippen LogP contribution < -0.4 is 5.32 Å². The molecule has 0 aliphatic carbocycles. The van der Waals surface area contributed by atoms with Crippen LogP contribution in [0.15, 0.2) is 0 Å². The van der Waals surface area contributed by atoms with E-state index in [2.05, 4.69) is 51.8 Å². The van der Waals surface area contributed by atoms with Gasteiger partial charge in [-0.2, -0.15) is 0 Å². The monoisotopic (exact) mass is 297 g/mol. The van der Waals surface area contributed by atoms with Gasteiger partial charge in [0.25, 0.3) is 0 Å². The summed E-state index contributed by atoms with van der Waals surface area (Å²) in [4.78, 5) is 8.76. The predicted octanol–water partition coefficient (Wildman–Crippen LogP) is 3.65. The van der Waals surface area contributed by atoms with Gasteiger partial charge in [0.15, 0.2) is 0 Å². The van der Waals surface area contributed by atoms with Crippen molar-refractivity contribution in [2.75, 3.05) is 19.6 Å².